The Balaban J connectivity index is 1.56. The highest BCUT2D eigenvalue weighted by Crippen LogP contribution is 2.23. The van der Waals surface area contributed by atoms with Crippen LogP contribution in [0.3, 0.4) is 0 Å². The van der Waals surface area contributed by atoms with Crippen molar-refractivity contribution in [3.8, 4) is 0 Å². The van der Waals surface area contributed by atoms with Gasteiger partial charge in [0.2, 0.25) is 17.8 Å². The molecule has 0 saturated carbocycles. The van der Waals surface area contributed by atoms with Gasteiger partial charge in [0, 0.05) is 26.2 Å². The molecule has 9 heteroatoms. The summed E-state index contributed by atoms with van der Waals surface area (Å²) in [4.78, 5) is 18.8. The quantitative estimate of drug-likeness (QED) is 0.475. The predicted molar refractivity (Wildman–Crippen MR) is 129 cm³/mol. The Morgan fingerprint density at radius 3 is 1.81 bits per heavy atom. The first-order valence-electron chi connectivity index (χ1n) is 11.2. The highest BCUT2D eigenvalue weighted by atomic mass is 35.5. The van der Waals surface area contributed by atoms with E-state index in [0.717, 1.165) is 43.6 Å². The molecule has 3 heterocycles. The van der Waals surface area contributed by atoms with Crippen LogP contribution in [0.15, 0.2) is 23.3 Å². The largest absolute Gasteiger partial charge is 0.341 e. The molecule has 0 radical (unpaired) electrons. The zero-order chi connectivity index (χ0) is 21.5. The molecule has 0 amide bonds. The number of hydrazone groups is 1. The molecular formula is C22H29Cl2N7. The van der Waals surface area contributed by atoms with E-state index in [9.17, 15) is 0 Å². The smallest absolute Gasteiger partial charge is 0.250 e. The zero-order valence-electron chi connectivity index (χ0n) is 17.7. The molecule has 2 aliphatic heterocycles. The molecule has 1 N–H and O–H groups in total. The number of rotatable bonds is 5. The van der Waals surface area contributed by atoms with Crippen molar-refractivity contribution >= 4 is 47.3 Å². The molecule has 2 aliphatic rings. The van der Waals surface area contributed by atoms with Crippen molar-refractivity contribution in [3.05, 3.63) is 33.8 Å². The van der Waals surface area contributed by atoms with Gasteiger partial charge in [0.05, 0.1) is 16.3 Å². The third-order valence-electron chi connectivity index (χ3n) is 5.71. The van der Waals surface area contributed by atoms with E-state index in [2.05, 4.69) is 30.3 Å². The lowest BCUT2D eigenvalue weighted by Gasteiger charge is -2.24. The Labute approximate surface area is 193 Å². The van der Waals surface area contributed by atoms with Gasteiger partial charge in [-0.05, 0) is 43.4 Å². The van der Waals surface area contributed by atoms with Crippen LogP contribution in [-0.2, 0) is 0 Å². The molecule has 0 atom stereocenters. The average molecular weight is 462 g/mol. The van der Waals surface area contributed by atoms with E-state index in [1.165, 1.54) is 51.4 Å². The van der Waals surface area contributed by atoms with Crippen molar-refractivity contribution in [1.82, 2.24) is 15.0 Å². The van der Waals surface area contributed by atoms with Crippen molar-refractivity contribution in [1.29, 1.82) is 0 Å². The number of nitrogens with one attached hydrogen (secondary N) is 1. The molecule has 0 spiro atoms. The number of hydrogen-bond donors (Lipinski definition) is 1. The van der Waals surface area contributed by atoms with E-state index in [0.29, 0.717) is 16.0 Å². The van der Waals surface area contributed by atoms with Crippen LogP contribution in [0.4, 0.5) is 17.8 Å². The number of nitrogens with zero attached hydrogens (tertiary/aromatic N) is 6. The molecule has 0 bridgehead atoms. The third-order valence-corrected chi connectivity index (χ3v) is 6.45. The summed E-state index contributed by atoms with van der Waals surface area (Å²) in [7, 11) is 0. The van der Waals surface area contributed by atoms with Crippen LogP contribution in [0, 0.1) is 0 Å². The van der Waals surface area contributed by atoms with Crippen LogP contribution in [-0.4, -0.2) is 47.3 Å². The maximum Gasteiger partial charge on any atom is 0.250 e. The van der Waals surface area contributed by atoms with Gasteiger partial charge in [0.15, 0.2) is 0 Å². The van der Waals surface area contributed by atoms with Crippen molar-refractivity contribution in [2.45, 2.75) is 51.4 Å². The number of benzene rings is 1. The van der Waals surface area contributed by atoms with E-state index >= 15 is 0 Å². The van der Waals surface area contributed by atoms with Gasteiger partial charge < -0.3 is 9.80 Å². The minimum Gasteiger partial charge on any atom is -0.341 e. The fourth-order valence-corrected chi connectivity index (χ4v) is 4.29. The van der Waals surface area contributed by atoms with E-state index in [4.69, 9.17) is 28.2 Å². The van der Waals surface area contributed by atoms with Crippen LogP contribution in [0.5, 0.6) is 0 Å². The Bertz CT molecular complexity index is 851. The first kappa shape index (κ1) is 22.1. The number of halogens is 2. The molecule has 0 unspecified atom stereocenters. The summed E-state index contributed by atoms with van der Waals surface area (Å²) in [5.41, 5.74) is 3.84. The Kier molecular flexibility index (Phi) is 7.81. The molecule has 166 valence electrons. The second kappa shape index (κ2) is 11.0. The molecule has 0 aliphatic carbocycles. The molecular weight excluding hydrogens is 433 g/mol. The van der Waals surface area contributed by atoms with Gasteiger partial charge in [-0.3, -0.25) is 0 Å². The SMILES string of the molecule is Clc1ccc(/C=N/Nc2nc(N3CCCCCC3)nc(N3CCCCCC3)n2)cc1Cl. The zero-order valence-corrected chi connectivity index (χ0v) is 19.2. The Hall–Kier alpha value is -2.12. The van der Waals surface area contributed by atoms with Gasteiger partial charge in [-0.25, -0.2) is 5.43 Å². The Morgan fingerprint density at radius 1 is 0.742 bits per heavy atom. The summed E-state index contributed by atoms with van der Waals surface area (Å²) in [6.07, 6.45) is 11.4. The maximum absolute atomic E-state index is 6.09. The summed E-state index contributed by atoms with van der Waals surface area (Å²) >= 11 is 12.1. The van der Waals surface area contributed by atoms with Gasteiger partial charge in [-0.1, -0.05) is 55.0 Å². The summed E-state index contributed by atoms with van der Waals surface area (Å²) in [6, 6.07) is 5.38. The van der Waals surface area contributed by atoms with Crippen molar-refractivity contribution in [3.63, 3.8) is 0 Å². The van der Waals surface area contributed by atoms with E-state index < -0.39 is 0 Å². The van der Waals surface area contributed by atoms with Crippen LogP contribution in [0.2, 0.25) is 10.0 Å². The molecule has 1 aromatic heterocycles. The van der Waals surface area contributed by atoms with Gasteiger partial charge in [-0.15, -0.1) is 0 Å². The lowest BCUT2D eigenvalue weighted by molar-refractivity contribution is 0.726. The van der Waals surface area contributed by atoms with Crippen LogP contribution >= 0.6 is 23.2 Å². The third kappa shape index (κ3) is 6.20. The van der Waals surface area contributed by atoms with Gasteiger partial charge >= 0.3 is 0 Å². The summed E-state index contributed by atoms with van der Waals surface area (Å²) in [5, 5.41) is 5.35. The van der Waals surface area contributed by atoms with Crippen molar-refractivity contribution in [2.75, 3.05) is 41.4 Å². The Morgan fingerprint density at radius 2 is 1.29 bits per heavy atom. The minimum absolute atomic E-state index is 0.463. The lowest BCUT2D eigenvalue weighted by atomic mass is 10.2. The first-order valence-corrected chi connectivity index (χ1v) is 11.9. The average Bonchev–Trinajstić information content (AvgIpc) is 3.22. The maximum atomic E-state index is 6.09. The molecule has 1 aromatic carbocycles. The van der Waals surface area contributed by atoms with Gasteiger partial charge in [0.25, 0.3) is 0 Å². The highest BCUT2D eigenvalue weighted by Gasteiger charge is 2.19. The number of anilines is 3. The summed E-state index contributed by atoms with van der Waals surface area (Å²) in [5.74, 6) is 1.94. The second-order valence-corrected chi connectivity index (χ2v) is 8.92. The van der Waals surface area contributed by atoms with Crippen molar-refractivity contribution < 1.29 is 0 Å². The molecule has 4 rings (SSSR count). The molecule has 31 heavy (non-hydrogen) atoms. The second-order valence-electron chi connectivity index (χ2n) is 8.11. The van der Waals surface area contributed by atoms with Crippen LogP contribution in [0.25, 0.3) is 0 Å². The predicted octanol–water partition coefficient (Wildman–Crippen LogP) is 5.39. The first-order chi connectivity index (χ1) is 15.2. The molecule has 2 saturated heterocycles. The van der Waals surface area contributed by atoms with Crippen LogP contribution < -0.4 is 15.2 Å². The normalized spacial score (nSPS) is 18.1. The van der Waals surface area contributed by atoms with Gasteiger partial charge in [-0.2, -0.15) is 20.1 Å². The highest BCUT2D eigenvalue weighted by molar-refractivity contribution is 6.42. The lowest BCUT2D eigenvalue weighted by Crippen LogP contribution is -2.30. The standard InChI is InChI=1S/C22H29Cl2N7/c23-18-10-9-17(15-19(18)24)16-25-29-20-26-21(30-11-5-1-2-6-12-30)28-22(27-20)31-13-7-3-4-8-14-31/h9-10,15-16H,1-8,11-14H2,(H,26,27,28,29)/b25-16+. The summed E-state index contributed by atoms with van der Waals surface area (Å²) in [6.45, 7) is 3.93. The number of hydrogen-bond acceptors (Lipinski definition) is 7. The van der Waals surface area contributed by atoms with Gasteiger partial charge in [0.1, 0.15) is 0 Å². The van der Waals surface area contributed by atoms with E-state index in [-0.39, 0.29) is 0 Å². The van der Waals surface area contributed by atoms with Crippen LogP contribution in [0.1, 0.15) is 56.9 Å². The molecule has 7 nitrogen and oxygen atoms in total. The van der Waals surface area contributed by atoms with Crippen molar-refractivity contribution in [2.24, 2.45) is 5.10 Å². The summed E-state index contributed by atoms with van der Waals surface area (Å²) < 4.78 is 0. The fraction of sp³-hybridized carbons (Fsp3) is 0.545. The van der Waals surface area contributed by atoms with E-state index in [1.807, 2.05) is 6.07 Å². The fourth-order valence-electron chi connectivity index (χ4n) is 3.99. The topological polar surface area (TPSA) is 69.5 Å². The monoisotopic (exact) mass is 461 g/mol. The molecule has 2 aromatic rings. The number of aromatic nitrogens is 3. The molecule has 2 fully saturated rings. The minimum atomic E-state index is 0.463. The van der Waals surface area contributed by atoms with E-state index in [1.54, 1.807) is 18.3 Å².